The Morgan fingerprint density at radius 3 is 2.25 bits per heavy atom. The number of hydrogen-bond acceptors (Lipinski definition) is 5. The summed E-state index contributed by atoms with van der Waals surface area (Å²) in [6.07, 6.45) is 0.0477. The maximum Gasteiger partial charge on any atom is 0.310 e. The monoisotopic (exact) mass is 329 g/mol. The van der Waals surface area contributed by atoms with Gasteiger partial charge in [-0.15, -0.1) is 0 Å². The van der Waals surface area contributed by atoms with Crippen LogP contribution in [-0.4, -0.2) is 30.7 Å². The molecule has 6 nitrogen and oxygen atoms in total. The van der Waals surface area contributed by atoms with Crippen molar-refractivity contribution in [2.24, 2.45) is 0 Å². The zero-order chi connectivity index (χ0) is 17.4. The number of methoxy groups -OCH3 is 1. The van der Waals surface area contributed by atoms with Gasteiger partial charge in [-0.3, -0.25) is 9.59 Å². The molecule has 0 unspecified atom stereocenters. The summed E-state index contributed by atoms with van der Waals surface area (Å²) >= 11 is 0. The molecule has 2 N–H and O–H groups in total. The van der Waals surface area contributed by atoms with Gasteiger partial charge in [0.05, 0.1) is 13.5 Å². The number of phenolic OH excluding ortho intramolecular Hbond substituents is 1. The van der Waals surface area contributed by atoms with Gasteiger partial charge in [-0.05, 0) is 35.4 Å². The van der Waals surface area contributed by atoms with E-state index >= 15 is 0 Å². The van der Waals surface area contributed by atoms with E-state index in [-0.39, 0.29) is 24.7 Å². The van der Waals surface area contributed by atoms with E-state index in [2.05, 4.69) is 5.32 Å². The Balaban J connectivity index is 1.70. The standard InChI is InChI=1S/C18H19NO5/c1-23-16-8-4-14(5-9-16)11-19-17(21)12-24-18(22)10-13-2-6-15(20)7-3-13/h2-9,20H,10-12H2,1H3,(H,19,21). The number of phenols is 1. The van der Waals surface area contributed by atoms with Gasteiger partial charge < -0.3 is 19.9 Å². The Kier molecular flexibility index (Phi) is 6.19. The number of aromatic hydroxyl groups is 1. The molecule has 126 valence electrons. The molecule has 0 spiro atoms. The lowest BCUT2D eigenvalue weighted by Gasteiger charge is -2.07. The summed E-state index contributed by atoms with van der Waals surface area (Å²) in [5, 5.41) is 11.8. The highest BCUT2D eigenvalue weighted by molar-refractivity contribution is 5.81. The normalized spacial score (nSPS) is 10.0. The maximum absolute atomic E-state index is 11.7. The van der Waals surface area contributed by atoms with Gasteiger partial charge in [0.1, 0.15) is 11.5 Å². The van der Waals surface area contributed by atoms with Gasteiger partial charge in [-0.25, -0.2) is 0 Å². The Hall–Kier alpha value is -3.02. The summed E-state index contributed by atoms with van der Waals surface area (Å²) in [7, 11) is 1.59. The molecule has 0 saturated heterocycles. The predicted molar refractivity (Wildman–Crippen MR) is 87.6 cm³/mol. The fraction of sp³-hybridized carbons (Fsp3) is 0.222. The van der Waals surface area contributed by atoms with E-state index in [0.717, 1.165) is 11.3 Å². The van der Waals surface area contributed by atoms with Crippen LogP contribution in [0, 0.1) is 0 Å². The second kappa shape index (κ2) is 8.57. The molecule has 1 amide bonds. The summed E-state index contributed by atoms with van der Waals surface area (Å²) in [5.41, 5.74) is 1.62. The average molecular weight is 329 g/mol. The number of rotatable bonds is 7. The molecule has 0 aliphatic heterocycles. The number of nitrogens with one attached hydrogen (secondary N) is 1. The summed E-state index contributed by atoms with van der Waals surface area (Å²) in [5.74, 6) is 0.00317. The van der Waals surface area contributed by atoms with Crippen LogP contribution >= 0.6 is 0 Å². The van der Waals surface area contributed by atoms with Gasteiger partial charge in [0.2, 0.25) is 0 Å². The minimum absolute atomic E-state index is 0.0477. The summed E-state index contributed by atoms with van der Waals surface area (Å²) in [4.78, 5) is 23.4. The van der Waals surface area contributed by atoms with Crippen LogP contribution < -0.4 is 10.1 Å². The molecule has 0 bridgehead atoms. The number of hydrogen-bond donors (Lipinski definition) is 2. The van der Waals surface area contributed by atoms with Crippen molar-refractivity contribution in [3.8, 4) is 11.5 Å². The van der Waals surface area contributed by atoms with Crippen molar-refractivity contribution in [3.63, 3.8) is 0 Å². The topological polar surface area (TPSA) is 84.9 Å². The lowest BCUT2D eigenvalue weighted by molar-refractivity contribution is -0.147. The third-order valence-corrected chi connectivity index (χ3v) is 3.30. The van der Waals surface area contributed by atoms with Crippen molar-refractivity contribution in [2.75, 3.05) is 13.7 Å². The van der Waals surface area contributed by atoms with Crippen molar-refractivity contribution in [3.05, 3.63) is 59.7 Å². The first-order valence-electron chi connectivity index (χ1n) is 7.40. The van der Waals surface area contributed by atoms with E-state index in [1.54, 1.807) is 31.4 Å². The quantitative estimate of drug-likeness (QED) is 0.757. The van der Waals surface area contributed by atoms with Gasteiger partial charge in [0, 0.05) is 6.54 Å². The van der Waals surface area contributed by atoms with E-state index in [1.807, 2.05) is 12.1 Å². The molecule has 2 aromatic rings. The summed E-state index contributed by atoms with van der Waals surface area (Å²) < 4.78 is 9.99. The highest BCUT2D eigenvalue weighted by atomic mass is 16.5. The minimum Gasteiger partial charge on any atom is -0.508 e. The first-order valence-corrected chi connectivity index (χ1v) is 7.40. The van der Waals surface area contributed by atoms with E-state index in [9.17, 15) is 14.7 Å². The van der Waals surface area contributed by atoms with Crippen LogP contribution in [0.4, 0.5) is 0 Å². The molecule has 2 rings (SSSR count). The molecular weight excluding hydrogens is 310 g/mol. The Labute approximate surface area is 140 Å². The average Bonchev–Trinajstić information content (AvgIpc) is 2.60. The number of esters is 1. The number of carbonyl (C=O) groups is 2. The fourth-order valence-electron chi connectivity index (χ4n) is 1.97. The van der Waals surface area contributed by atoms with Crippen LogP contribution in [0.3, 0.4) is 0 Å². The van der Waals surface area contributed by atoms with Crippen LogP contribution in [0.15, 0.2) is 48.5 Å². The third kappa shape index (κ3) is 5.64. The van der Waals surface area contributed by atoms with Crippen molar-refractivity contribution in [2.45, 2.75) is 13.0 Å². The van der Waals surface area contributed by atoms with E-state index in [4.69, 9.17) is 9.47 Å². The predicted octanol–water partition coefficient (Wildman–Crippen LogP) is 1.80. The molecule has 6 heteroatoms. The van der Waals surface area contributed by atoms with Crippen molar-refractivity contribution in [1.82, 2.24) is 5.32 Å². The van der Waals surface area contributed by atoms with Gasteiger partial charge >= 0.3 is 5.97 Å². The highest BCUT2D eigenvalue weighted by Crippen LogP contribution is 2.11. The van der Waals surface area contributed by atoms with Crippen LogP contribution in [-0.2, 0) is 27.3 Å². The fourth-order valence-corrected chi connectivity index (χ4v) is 1.97. The van der Waals surface area contributed by atoms with Crippen molar-refractivity contribution < 1.29 is 24.2 Å². The number of carbonyl (C=O) groups excluding carboxylic acids is 2. The number of benzene rings is 2. The molecule has 0 radical (unpaired) electrons. The van der Waals surface area contributed by atoms with Gasteiger partial charge in [0.15, 0.2) is 6.61 Å². The first-order chi connectivity index (χ1) is 11.6. The van der Waals surface area contributed by atoms with Crippen LogP contribution in [0.5, 0.6) is 11.5 Å². The Morgan fingerprint density at radius 2 is 1.62 bits per heavy atom. The zero-order valence-corrected chi connectivity index (χ0v) is 13.3. The molecule has 0 saturated carbocycles. The molecule has 0 heterocycles. The first kappa shape index (κ1) is 17.3. The van der Waals surface area contributed by atoms with Crippen LogP contribution in [0.2, 0.25) is 0 Å². The smallest absolute Gasteiger partial charge is 0.310 e. The second-order valence-corrected chi connectivity index (χ2v) is 5.13. The maximum atomic E-state index is 11.7. The molecule has 2 aromatic carbocycles. The molecule has 24 heavy (non-hydrogen) atoms. The molecule has 0 atom stereocenters. The van der Waals surface area contributed by atoms with Crippen molar-refractivity contribution in [1.29, 1.82) is 0 Å². The molecule has 0 aromatic heterocycles. The van der Waals surface area contributed by atoms with Gasteiger partial charge in [-0.2, -0.15) is 0 Å². The number of amides is 1. The third-order valence-electron chi connectivity index (χ3n) is 3.30. The molecule has 0 aliphatic carbocycles. The van der Waals surface area contributed by atoms with Gasteiger partial charge in [0.25, 0.3) is 5.91 Å². The van der Waals surface area contributed by atoms with Crippen molar-refractivity contribution >= 4 is 11.9 Å². The van der Waals surface area contributed by atoms with E-state index in [0.29, 0.717) is 12.1 Å². The van der Waals surface area contributed by atoms with E-state index in [1.165, 1.54) is 12.1 Å². The van der Waals surface area contributed by atoms with E-state index < -0.39 is 5.97 Å². The largest absolute Gasteiger partial charge is 0.508 e. The Bertz CT molecular complexity index is 680. The highest BCUT2D eigenvalue weighted by Gasteiger charge is 2.08. The summed E-state index contributed by atoms with van der Waals surface area (Å²) in [6.45, 7) is 0.0193. The lowest BCUT2D eigenvalue weighted by atomic mass is 10.1. The van der Waals surface area contributed by atoms with Gasteiger partial charge in [-0.1, -0.05) is 24.3 Å². The molecule has 0 fully saturated rings. The van der Waals surface area contributed by atoms with Crippen LogP contribution in [0.1, 0.15) is 11.1 Å². The SMILES string of the molecule is COc1ccc(CNC(=O)COC(=O)Cc2ccc(O)cc2)cc1. The number of ether oxygens (including phenoxy) is 2. The molecular formula is C18H19NO5. The second-order valence-electron chi connectivity index (χ2n) is 5.13. The zero-order valence-electron chi connectivity index (χ0n) is 13.3. The van der Waals surface area contributed by atoms with Crippen LogP contribution in [0.25, 0.3) is 0 Å². The summed E-state index contributed by atoms with van der Waals surface area (Å²) in [6, 6.07) is 13.5. The Morgan fingerprint density at radius 1 is 1.00 bits per heavy atom. The lowest BCUT2D eigenvalue weighted by Crippen LogP contribution is -2.28. The minimum atomic E-state index is -0.500. The molecule has 0 aliphatic rings.